The summed E-state index contributed by atoms with van der Waals surface area (Å²) >= 11 is 7.55. The number of hydrogen-bond donors (Lipinski definition) is 8. The zero-order valence-corrected chi connectivity index (χ0v) is 66.2. The van der Waals surface area contributed by atoms with E-state index in [4.69, 9.17) is 69.9 Å². The van der Waals surface area contributed by atoms with Crippen molar-refractivity contribution >= 4 is 151 Å². The quantitative estimate of drug-likeness (QED) is 0.0545. The third kappa shape index (κ3) is 26.5. The van der Waals surface area contributed by atoms with E-state index in [1.807, 2.05) is 31.5 Å². The summed E-state index contributed by atoms with van der Waals surface area (Å²) in [6, 6.07) is 0. The van der Waals surface area contributed by atoms with Crippen LogP contribution in [-0.2, 0) is 106 Å². The van der Waals surface area contributed by atoms with Gasteiger partial charge < -0.3 is 48.8 Å². The summed E-state index contributed by atoms with van der Waals surface area (Å²) in [4.78, 5) is 49.7. The van der Waals surface area contributed by atoms with E-state index in [1.54, 1.807) is 52.9 Å². The molecule has 7 aromatic rings. The second-order valence-electron chi connectivity index (χ2n) is 21.8. The molecule has 33 nitrogen and oxygen atoms in total. The number of halogens is 1. The van der Waals surface area contributed by atoms with E-state index in [2.05, 4.69) is 34.9 Å². The van der Waals surface area contributed by atoms with Gasteiger partial charge >= 0.3 is 0 Å². The van der Waals surface area contributed by atoms with Crippen molar-refractivity contribution in [1.29, 1.82) is 0 Å². The molecule has 0 amide bonds. The van der Waals surface area contributed by atoms with Crippen LogP contribution in [0.5, 0.6) is 0 Å². The molecule has 0 radical (unpaired) electrons. The maximum Gasteiger partial charge on any atom is 0.272 e. The second-order valence-corrected chi connectivity index (χ2v) is 38.3. The molecule has 0 spiro atoms. The lowest BCUT2D eigenvalue weighted by Gasteiger charge is -2.18. The number of carbonyl (C=O) groups excluding carboxylic acids is 2. The van der Waals surface area contributed by atoms with Crippen molar-refractivity contribution < 1.29 is 101 Å². The first-order valence-electron chi connectivity index (χ1n) is 27.9. The van der Waals surface area contributed by atoms with E-state index in [9.17, 15) is 61.9 Å². The molecule has 0 saturated carbocycles. The summed E-state index contributed by atoms with van der Waals surface area (Å²) in [7, 11) is -13.4. The molecule has 12 N–H and O–H groups in total. The van der Waals surface area contributed by atoms with Crippen LogP contribution < -0.4 is 20.6 Å². The molecule has 46 heteroatoms. The van der Waals surface area contributed by atoms with E-state index >= 15 is 0 Å². The molecule has 0 aromatic carbocycles. The molecular formula is C52H78ClN11O22S12. The van der Waals surface area contributed by atoms with Crippen LogP contribution in [0.25, 0.3) is 0 Å². The molecule has 0 unspecified atom stereocenters. The predicted molar refractivity (Wildman–Crippen MR) is 369 cm³/mol. The van der Waals surface area contributed by atoms with Gasteiger partial charge in [0.2, 0.25) is 57.5 Å². The van der Waals surface area contributed by atoms with Gasteiger partial charge in [0.15, 0.2) is 57.7 Å². The van der Waals surface area contributed by atoms with Gasteiger partial charge in [-0.1, -0.05) is 11.3 Å². The van der Waals surface area contributed by atoms with Crippen LogP contribution in [0.2, 0.25) is 0 Å². The fourth-order valence-electron chi connectivity index (χ4n) is 7.25. The second kappa shape index (κ2) is 35.6. The van der Waals surface area contributed by atoms with Crippen LogP contribution in [0.4, 0.5) is 0 Å². The van der Waals surface area contributed by atoms with Gasteiger partial charge in [0.05, 0.1) is 81.3 Å². The minimum atomic E-state index is -3.75. The maximum atomic E-state index is 11.3. The first-order valence-corrected chi connectivity index (χ1v) is 42.2. The fraction of sp³-hybridized carbons (Fsp3) is 0.558. The Morgan fingerprint density at radius 3 is 0.949 bits per heavy atom. The standard InChI is InChI=1S/C8H10ClNO4S2.C8H12N2O4S2.C8H11NO2S.2C7H12N2O3S2.C6H8N2O3S2.C6H7NOS.C2H6O2/c2*1-5-6(16(9,11)12)15-7(10-5)8(2)13-3-4-14-8;1-6-5-12-7(9-6)8(2)10-3-4-11-8;2*1-4-5(14(8,11)12)13-6(9-4)7(2,3)10;1-3-6(13(7,10)11)12-5(8-3)4(2)9;1-4-3-9-6(7-4)5(2)8;3-1-2-4/h3-4H2,1-2H3;3-4H2,1-2H3,(H2,9,11,12);5H,3-4H2,1-2H3;2*10H,1-3H3,(H2,8,11,12);1-2H3,(H2,7,10,11);3H,1-2H3;3-4H,1-2H2. The molecule has 3 fully saturated rings. The van der Waals surface area contributed by atoms with Gasteiger partial charge in [0.1, 0.15) is 21.2 Å². The number of thiazole rings is 7. The fourth-order valence-corrected chi connectivity index (χ4v) is 19.1. The third-order valence-corrected chi connectivity index (χ3v) is 29.2. The largest absolute Gasteiger partial charge is 0.394 e. The van der Waals surface area contributed by atoms with Gasteiger partial charge in [-0.3, -0.25) is 9.59 Å². The van der Waals surface area contributed by atoms with Crippen molar-refractivity contribution in [2.45, 2.75) is 160 Å². The lowest BCUT2D eigenvalue weighted by molar-refractivity contribution is -0.150. The van der Waals surface area contributed by atoms with Crippen molar-refractivity contribution in [2.24, 2.45) is 20.6 Å². The summed E-state index contributed by atoms with van der Waals surface area (Å²) in [5, 5.41) is 61.6. The Balaban J connectivity index is 0.000000296. The van der Waals surface area contributed by atoms with Crippen LogP contribution in [-0.4, -0.2) is 162 Å². The van der Waals surface area contributed by atoms with E-state index in [1.165, 1.54) is 59.8 Å². The highest BCUT2D eigenvalue weighted by Gasteiger charge is 2.40. The van der Waals surface area contributed by atoms with Crippen LogP contribution in [0.1, 0.15) is 147 Å². The molecule has 7 aromatic heterocycles. The Hall–Kier alpha value is -3.77. The zero-order chi connectivity index (χ0) is 75.3. The molecule has 10 heterocycles. The first-order chi connectivity index (χ1) is 44.5. The zero-order valence-electron chi connectivity index (χ0n) is 55.7. The lowest BCUT2D eigenvalue weighted by atomic mass is 10.2. The smallest absolute Gasteiger partial charge is 0.272 e. The van der Waals surface area contributed by atoms with Crippen LogP contribution in [0, 0.1) is 48.5 Å². The van der Waals surface area contributed by atoms with Crippen LogP contribution in [0.3, 0.4) is 0 Å². The SMILES string of the molecule is CC(=O)c1nc(C)c(S(N)(=O)=O)s1.CC(=O)c1nc(C)cs1.Cc1csc(C2(C)OCCO2)n1.Cc1nc(C(C)(C)O)sc1S(N)(=O)=O.Cc1nc(C(C)(C)O)sc1S(N)(=O)=O.Cc1nc(C2(C)OCCO2)sc1S(=O)(=O)Cl.Cc1nc(C2(C)OCCO2)sc1S(N)(=O)=O.OCCO. The molecule has 10 rings (SSSR count). The Kier molecular flexibility index (Phi) is 32.1. The molecule has 0 atom stereocenters. The number of aliphatic hydroxyl groups is 4. The molecule has 98 heavy (non-hydrogen) atoms. The number of hydrogen-bond acceptors (Lipinski definition) is 36. The normalized spacial score (nSPS) is 15.7. The highest BCUT2D eigenvalue weighted by Crippen LogP contribution is 2.39. The minimum absolute atomic E-state index is 0.00891. The minimum Gasteiger partial charge on any atom is -0.394 e. The predicted octanol–water partition coefficient (Wildman–Crippen LogP) is 5.17. The summed E-state index contributed by atoms with van der Waals surface area (Å²) in [5.41, 5.74) is 1.34. The number of carbonyl (C=O) groups is 2. The number of ketones is 2. The lowest BCUT2D eigenvalue weighted by Crippen LogP contribution is -2.22. The topological polar surface area (TPSA) is 535 Å². The molecule has 0 bridgehead atoms. The average Bonchev–Trinajstić information content (AvgIpc) is 1.65. The van der Waals surface area contributed by atoms with Crippen molar-refractivity contribution in [3.05, 3.63) is 85.7 Å². The van der Waals surface area contributed by atoms with Gasteiger partial charge in [-0.05, 0) is 96.9 Å². The number of aliphatic hydroxyl groups excluding tert-OH is 2. The number of Topliss-reactive ketones (excluding diaryl/α,β-unsaturated/α-hetero) is 2. The van der Waals surface area contributed by atoms with E-state index in [-0.39, 0.29) is 56.5 Å². The van der Waals surface area contributed by atoms with Gasteiger partial charge in [0, 0.05) is 46.7 Å². The molecular weight excluding hydrogens is 1550 g/mol. The Bertz CT molecular complexity index is 4250. The summed E-state index contributed by atoms with van der Waals surface area (Å²) < 4.78 is 144. The van der Waals surface area contributed by atoms with E-state index in [0.29, 0.717) is 87.5 Å². The van der Waals surface area contributed by atoms with Gasteiger partial charge in [-0.25, -0.2) is 97.5 Å². The monoisotopic (exact) mass is 1630 g/mol. The average molecular weight is 1630 g/mol. The number of ether oxygens (including phenoxy) is 6. The maximum absolute atomic E-state index is 11.3. The van der Waals surface area contributed by atoms with Crippen molar-refractivity contribution in [3.8, 4) is 0 Å². The van der Waals surface area contributed by atoms with Crippen molar-refractivity contribution in [1.82, 2.24) is 34.9 Å². The number of primary sulfonamides is 4. The van der Waals surface area contributed by atoms with Crippen molar-refractivity contribution in [3.63, 3.8) is 0 Å². The molecule has 3 aliphatic rings. The number of aryl methyl sites for hydroxylation is 7. The number of sulfonamides is 4. The van der Waals surface area contributed by atoms with Gasteiger partial charge in [-0.2, -0.15) is 0 Å². The first kappa shape index (κ1) is 88.4. The molecule has 3 aliphatic heterocycles. The van der Waals surface area contributed by atoms with Gasteiger partial charge in [-0.15, -0.1) is 68.0 Å². The number of nitrogens with zero attached hydrogens (tertiary/aromatic N) is 7. The Labute approximate surface area is 600 Å². The third-order valence-electron chi connectivity index (χ3n) is 11.7. The number of nitrogens with two attached hydrogens (primary N) is 4. The van der Waals surface area contributed by atoms with Gasteiger partial charge in [0.25, 0.3) is 9.05 Å². The van der Waals surface area contributed by atoms with E-state index in [0.717, 1.165) is 73.1 Å². The highest BCUT2D eigenvalue weighted by atomic mass is 35.7. The summed E-state index contributed by atoms with van der Waals surface area (Å²) in [6.07, 6.45) is 0. The summed E-state index contributed by atoms with van der Waals surface area (Å²) in [5.74, 6) is -2.69. The van der Waals surface area contributed by atoms with Crippen LogP contribution >= 0.6 is 90.0 Å². The summed E-state index contributed by atoms with van der Waals surface area (Å²) in [6.45, 7) is 28.9. The Morgan fingerprint density at radius 2 is 0.735 bits per heavy atom. The molecule has 0 aliphatic carbocycles. The van der Waals surface area contributed by atoms with Crippen LogP contribution in [0.15, 0.2) is 31.8 Å². The number of aromatic nitrogens is 7. The molecule has 3 saturated heterocycles. The number of rotatable bonds is 13. The molecule has 552 valence electrons. The van der Waals surface area contributed by atoms with Crippen molar-refractivity contribution in [2.75, 3.05) is 52.9 Å². The highest BCUT2D eigenvalue weighted by molar-refractivity contribution is 8.15. The van der Waals surface area contributed by atoms with E-state index < -0.39 is 77.7 Å². The Morgan fingerprint density at radius 1 is 0.449 bits per heavy atom.